The zero-order valence-electron chi connectivity index (χ0n) is 19.8. The van der Waals surface area contributed by atoms with Crippen LogP contribution in [0.4, 0.5) is 11.4 Å². The number of aliphatic carboxylic acids is 2. The summed E-state index contributed by atoms with van der Waals surface area (Å²) in [6.45, 7) is 5.02. The number of rotatable bonds is 8. The number of benzene rings is 2. The number of hydrogen-bond acceptors (Lipinski definition) is 8. The van der Waals surface area contributed by atoms with Gasteiger partial charge in [-0.1, -0.05) is 6.92 Å². The predicted octanol–water partition coefficient (Wildman–Crippen LogP) is 1.72. The molecule has 4 N–H and O–H groups in total. The van der Waals surface area contributed by atoms with Crippen molar-refractivity contribution in [3.8, 4) is 11.5 Å². The van der Waals surface area contributed by atoms with Crippen LogP contribution in [-0.2, 0) is 19.2 Å². The predicted molar refractivity (Wildman–Crippen MR) is 129 cm³/mol. The van der Waals surface area contributed by atoms with Gasteiger partial charge in [-0.2, -0.15) is 0 Å². The molecule has 192 valence electrons. The van der Waals surface area contributed by atoms with Crippen LogP contribution in [0.25, 0.3) is 0 Å². The summed E-state index contributed by atoms with van der Waals surface area (Å²) in [5.74, 6) is -2.89. The van der Waals surface area contributed by atoms with E-state index >= 15 is 0 Å². The summed E-state index contributed by atoms with van der Waals surface area (Å²) in [6, 6.07) is 11.9. The number of ketones is 1. The molecule has 0 saturated carbocycles. The molecule has 0 bridgehead atoms. The van der Waals surface area contributed by atoms with Gasteiger partial charge in [-0.15, -0.1) is 0 Å². The number of amides is 2. The third kappa shape index (κ3) is 9.06. The molecule has 12 nitrogen and oxygen atoms in total. The topological polar surface area (TPSA) is 172 Å². The van der Waals surface area contributed by atoms with E-state index in [1.807, 2.05) is 6.92 Å². The van der Waals surface area contributed by atoms with Crippen LogP contribution in [0.1, 0.15) is 24.2 Å². The number of carboxylic acid groups (broad SMARTS) is 2. The molecule has 2 aromatic rings. The van der Waals surface area contributed by atoms with E-state index in [-0.39, 0.29) is 30.7 Å². The van der Waals surface area contributed by atoms with Gasteiger partial charge in [0.05, 0.1) is 13.1 Å². The van der Waals surface area contributed by atoms with Crippen molar-refractivity contribution in [3.05, 3.63) is 48.0 Å². The van der Waals surface area contributed by atoms with Crippen molar-refractivity contribution < 1.29 is 43.7 Å². The number of likely N-dealkylation sites (N-methyl/N-ethyl adjacent to an activating group) is 1. The molecule has 1 aliphatic rings. The summed E-state index contributed by atoms with van der Waals surface area (Å²) in [5, 5.41) is 20.4. The van der Waals surface area contributed by atoms with E-state index in [1.165, 1.54) is 6.92 Å². The van der Waals surface area contributed by atoms with Gasteiger partial charge >= 0.3 is 11.9 Å². The van der Waals surface area contributed by atoms with Crippen LogP contribution >= 0.6 is 0 Å². The van der Waals surface area contributed by atoms with Gasteiger partial charge in [0.2, 0.25) is 11.8 Å². The van der Waals surface area contributed by atoms with E-state index in [0.29, 0.717) is 48.2 Å². The molecule has 0 aliphatic carbocycles. The van der Waals surface area contributed by atoms with Crippen LogP contribution in [0.2, 0.25) is 0 Å². The molecular weight excluding hydrogens is 474 g/mol. The summed E-state index contributed by atoms with van der Waals surface area (Å²) in [4.78, 5) is 56.0. The number of ether oxygens (including phenoxy) is 2. The number of carbonyl (C=O) groups excluding carboxylic acids is 3. The molecule has 0 unspecified atom stereocenters. The minimum atomic E-state index is -1.82. The molecule has 0 fully saturated rings. The maximum absolute atomic E-state index is 12.4. The number of nitrogens with zero attached hydrogens (tertiary/aromatic N) is 1. The summed E-state index contributed by atoms with van der Waals surface area (Å²) < 4.78 is 11.0. The van der Waals surface area contributed by atoms with Gasteiger partial charge in [0.15, 0.2) is 17.3 Å². The molecule has 12 heteroatoms. The second kappa shape index (κ2) is 13.4. The summed E-state index contributed by atoms with van der Waals surface area (Å²) in [5.41, 5.74) is 1.79. The fourth-order valence-corrected chi connectivity index (χ4v) is 3.00. The van der Waals surface area contributed by atoms with E-state index in [2.05, 4.69) is 10.6 Å². The van der Waals surface area contributed by atoms with Gasteiger partial charge in [0.25, 0.3) is 0 Å². The first-order valence-electron chi connectivity index (χ1n) is 10.9. The molecule has 2 amide bonds. The van der Waals surface area contributed by atoms with E-state index in [0.717, 1.165) is 0 Å². The van der Waals surface area contributed by atoms with Gasteiger partial charge in [0, 0.05) is 23.0 Å². The standard InChI is InChI=1S/C22H25N3O5.C2H2O4/c1-3-25(13-21(27)23-17-6-4-16(5-7-17)15(2)26)14-22(28)24-18-8-9-19-20(12-18)30-11-10-29-19;3-1(4)2(5)6/h4-9,12H,3,10-11,13-14H2,1-2H3,(H,23,27)(H,24,28);(H,3,4)(H,5,6). The number of carboxylic acids is 2. The van der Waals surface area contributed by atoms with Crippen molar-refractivity contribution in [2.24, 2.45) is 0 Å². The Labute approximate surface area is 206 Å². The van der Waals surface area contributed by atoms with Crippen molar-refractivity contribution in [2.45, 2.75) is 13.8 Å². The third-order valence-corrected chi connectivity index (χ3v) is 4.77. The van der Waals surface area contributed by atoms with Crippen LogP contribution < -0.4 is 20.1 Å². The number of hydrogen-bond donors (Lipinski definition) is 4. The molecule has 1 heterocycles. The molecule has 0 saturated heterocycles. The quantitative estimate of drug-likeness (QED) is 0.308. The molecule has 0 spiro atoms. The molecule has 0 aromatic heterocycles. The fourth-order valence-electron chi connectivity index (χ4n) is 3.00. The zero-order chi connectivity index (χ0) is 26.7. The second-order valence-corrected chi connectivity index (χ2v) is 7.50. The Morgan fingerprint density at radius 3 is 1.81 bits per heavy atom. The molecule has 0 radical (unpaired) electrons. The minimum absolute atomic E-state index is 0.0333. The lowest BCUT2D eigenvalue weighted by atomic mass is 10.1. The minimum Gasteiger partial charge on any atom is -0.486 e. The first-order valence-corrected chi connectivity index (χ1v) is 10.9. The average molecular weight is 501 g/mol. The molecule has 1 aliphatic heterocycles. The zero-order valence-corrected chi connectivity index (χ0v) is 19.8. The lowest BCUT2D eigenvalue weighted by Crippen LogP contribution is -2.38. The molecular formula is C24H27N3O9. The van der Waals surface area contributed by atoms with Gasteiger partial charge in [-0.3, -0.25) is 19.3 Å². The van der Waals surface area contributed by atoms with Crippen molar-refractivity contribution in [3.63, 3.8) is 0 Å². The molecule has 36 heavy (non-hydrogen) atoms. The lowest BCUT2D eigenvalue weighted by Gasteiger charge is -2.21. The smallest absolute Gasteiger partial charge is 0.414 e. The van der Waals surface area contributed by atoms with Crippen LogP contribution in [0.3, 0.4) is 0 Å². The Bertz CT molecular complexity index is 1100. The first-order chi connectivity index (χ1) is 17.1. The normalized spacial score (nSPS) is 11.5. The Hall–Kier alpha value is -4.45. The molecule has 2 aromatic carbocycles. The molecule has 3 rings (SSSR count). The third-order valence-electron chi connectivity index (χ3n) is 4.77. The Kier molecular flexibility index (Phi) is 10.4. The number of Topliss-reactive ketones (excluding diaryl/α,β-unsaturated/α-hetero) is 1. The highest BCUT2D eigenvalue weighted by Crippen LogP contribution is 2.32. The maximum Gasteiger partial charge on any atom is 0.414 e. The fraction of sp³-hybridized carbons (Fsp3) is 0.292. The SMILES string of the molecule is CCN(CC(=O)Nc1ccc(C(C)=O)cc1)CC(=O)Nc1ccc2c(c1)OCCO2.O=C(O)C(=O)O. The Balaban J connectivity index is 0.000000678. The van der Waals surface area contributed by atoms with Gasteiger partial charge < -0.3 is 30.3 Å². The summed E-state index contributed by atoms with van der Waals surface area (Å²) >= 11 is 0. The number of fused-ring (bicyclic) bond motifs is 1. The van der Waals surface area contributed by atoms with E-state index in [4.69, 9.17) is 29.3 Å². The highest BCUT2D eigenvalue weighted by atomic mass is 16.6. The first kappa shape index (κ1) is 27.8. The highest BCUT2D eigenvalue weighted by molar-refractivity contribution is 6.27. The Morgan fingerprint density at radius 1 is 0.806 bits per heavy atom. The maximum atomic E-state index is 12.4. The van der Waals surface area contributed by atoms with Crippen molar-refractivity contribution in [1.29, 1.82) is 0 Å². The van der Waals surface area contributed by atoms with Crippen LogP contribution in [0.15, 0.2) is 42.5 Å². The van der Waals surface area contributed by atoms with Gasteiger partial charge in [-0.25, -0.2) is 9.59 Å². The van der Waals surface area contributed by atoms with Gasteiger partial charge in [0.1, 0.15) is 13.2 Å². The van der Waals surface area contributed by atoms with Gasteiger partial charge in [-0.05, 0) is 49.9 Å². The Morgan fingerprint density at radius 2 is 1.31 bits per heavy atom. The highest BCUT2D eigenvalue weighted by Gasteiger charge is 2.16. The van der Waals surface area contributed by atoms with Crippen molar-refractivity contribution in [2.75, 3.05) is 43.5 Å². The summed E-state index contributed by atoms with van der Waals surface area (Å²) in [6.07, 6.45) is 0. The van der Waals surface area contributed by atoms with Crippen LogP contribution in [-0.4, -0.2) is 77.5 Å². The van der Waals surface area contributed by atoms with E-state index in [9.17, 15) is 14.4 Å². The summed E-state index contributed by atoms with van der Waals surface area (Å²) in [7, 11) is 0. The average Bonchev–Trinajstić information content (AvgIpc) is 2.84. The second-order valence-electron chi connectivity index (χ2n) is 7.50. The lowest BCUT2D eigenvalue weighted by molar-refractivity contribution is -0.159. The van der Waals surface area contributed by atoms with Crippen LogP contribution in [0, 0.1) is 0 Å². The number of nitrogens with one attached hydrogen (secondary N) is 2. The number of anilines is 2. The largest absolute Gasteiger partial charge is 0.486 e. The van der Waals surface area contributed by atoms with Crippen molar-refractivity contribution in [1.82, 2.24) is 4.90 Å². The van der Waals surface area contributed by atoms with E-state index in [1.54, 1.807) is 47.4 Å². The van der Waals surface area contributed by atoms with E-state index < -0.39 is 11.9 Å². The van der Waals surface area contributed by atoms with Crippen LogP contribution in [0.5, 0.6) is 11.5 Å². The number of carbonyl (C=O) groups is 5. The van der Waals surface area contributed by atoms with Crippen molar-refractivity contribution >= 4 is 40.9 Å². The monoisotopic (exact) mass is 501 g/mol. The molecule has 0 atom stereocenters.